The van der Waals surface area contributed by atoms with Crippen LogP contribution in [0.1, 0.15) is 44.7 Å². The Morgan fingerprint density at radius 2 is 2.00 bits per heavy atom. The van der Waals surface area contributed by atoms with Gasteiger partial charge in [0.15, 0.2) is 0 Å². The Morgan fingerprint density at radius 3 is 2.54 bits per heavy atom. The molecule has 2 rings (SSSR count). The van der Waals surface area contributed by atoms with Gasteiger partial charge in [-0.3, -0.25) is 4.79 Å². The first kappa shape index (κ1) is 18.6. The molecular weight excluding hydrogens is 328 g/mol. The van der Waals surface area contributed by atoms with Gasteiger partial charge in [-0.05, 0) is 50.8 Å². The van der Waals surface area contributed by atoms with Crippen LogP contribution in [0, 0.1) is 0 Å². The first-order valence-electron chi connectivity index (χ1n) is 8.17. The standard InChI is InChI=1S/C18H25ClN2O3/c1-18(2,3)24-17(23)21(14-6-7-14)11-13-9-12(5-8-15(13)19)10-16(22)20-4/h5,8-9,14H,6-7,10-11H2,1-4H3,(H,20,22). The maximum Gasteiger partial charge on any atom is 0.410 e. The predicted octanol–water partition coefficient (Wildman–Crippen LogP) is 3.53. The van der Waals surface area contributed by atoms with Gasteiger partial charge in [0, 0.05) is 18.1 Å². The van der Waals surface area contributed by atoms with Crippen molar-refractivity contribution in [2.45, 2.75) is 58.2 Å². The van der Waals surface area contributed by atoms with Crippen molar-refractivity contribution in [3.63, 3.8) is 0 Å². The lowest BCUT2D eigenvalue weighted by Crippen LogP contribution is -2.37. The highest BCUT2D eigenvalue weighted by atomic mass is 35.5. The van der Waals surface area contributed by atoms with Gasteiger partial charge in [0.1, 0.15) is 5.60 Å². The minimum Gasteiger partial charge on any atom is -0.444 e. The molecule has 0 aliphatic heterocycles. The zero-order chi connectivity index (χ0) is 17.9. The van der Waals surface area contributed by atoms with Gasteiger partial charge in [-0.2, -0.15) is 0 Å². The van der Waals surface area contributed by atoms with Crippen LogP contribution < -0.4 is 5.32 Å². The summed E-state index contributed by atoms with van der Waals surface area (Å²) in [5.74, 6) is -0.0607. The molecule has 2 amide bonds. The second-order valence-corrected chi connectivity index (χ2v) is 7.52. The number of likely N-dealkylation sites (N-methyl/N-ethyl adjacent to an activating group) is 1. The van der Waals surface area contributed by atoms with E-state index in [1.807, 2.05) is 32.9 Å². The first-order chi connectivity index (χ1) is 11.2. The molecule has 0 aromatic heterocycles. The van der Waals surface area contributed by atoms with Crippen molar-refractivity contribution in [3.05, 3.63) is 34.3 Å². The molecule has 0 atom stereocenters. The molecule has 0 saturated heterocycles. The van der Waals surface area contributed by atoms with Crippen LogP contribution in [0.25, 0.3) is 0 Å². The van der Waals surface area contributed by atoms with Gasteiger partial charge < -0.3 is 15.0 Å². The quantitative estimate of drug-likeness (QED) is 0.881. The molecule has 132 valence electrons. The number of hydrogen-bond acceptors (Lipinski definition) is 3. The molecule has 0 radical (unpaired) electrons. The summed E-state index contributed by atoms with van der Waals surface area (Å²) in [4.78, 5) is 25.7. The summed E-state index contributed by atoms with van der Waals surface area (Å²) in [7, 11) is 1.61. The fourth-order valence-corrected chi connectivity index (χ4v) is 2.54. The summed E-state index contributed by atoms with van der Waals surface area (Å²) in [6.45, 7) is 5.95. The Hall–Kier alpha value is -1.75. The summed E-state index contributed by atoms with van der Waals surface area (Å²) in [5.41, 5.74) is 1.17. The van der Waals surface area contributed by atoms with E-state index in [1.165, 1.54) is 0 Å². The van der Waals surface area contributed by atoms with E-state index in [9.17, 15) is 9.59 Å². The molecule has 1 N–H and O–H groups in total. The summed E-state index contributed by atoms with van der Waals surface area (Å²) in [5, 5.41) is 3.19. The molecule has 1 aliphatic rings. The first-order valence-corrected chi connectivity index (χ1v) is 8.55. The van der Waals surface area contributed by atoms with E-state index in [0.29, 0.717) is 11.6 Å². The largest absolute Gasteiger partial charge is 0.444 e. The average Bonchev–Trinajstić information content (AvgIpc) is 3.30. The number of nitrogens with one attached hydrogen (secondary N) is 1. The SMILES string of the molecule is CNC(=O)Cc1ccc(Cl)c(CN(C(=O)OC(C)(C)C)C2CC2)c1. The molecule has 1 saturated carbocycles. The number of halogens is 1. The van der Waals surface area contributed by atoms with Crippen LogP contribution in [0.15, 0.2) is 18.2 Å². The molecule has 1 aromatic carbocycles. The Morgan fingerprint density at radius 1 is 1.33 bits per heavy atom. The smallest absolute Gasteiger partial charge is 0.410 e. The minimum absolute atomic E-state index is 0.0607. The maximum atomic E-state index is 12.5. The Kier molecular flexibility index (Phi) is 5.75. The van der Waals surface area contributed by atoms with E-state index in [-0.39, 0.29) is 24.5 Å². The zero-order valence-electron chi connectivity index (χ0n) is 14.7. The number of amides is 2. The lowest BCUT2D eigenvalue weighted by atomic mass is 10.1. The second kappa shape index (κ2) is 7.43. The topological polar surface area (TPSA) is 58.6 Å². The van der Waals surface area contributed by atoms with E-state index in [0.717, 1.165) is 24.0 Å². The van der Waals surface area contributed by atoms with E-state index in [1.54, 1.807) is 18.0 Å². The summed E-state index contributed by atoms with van der Waals surface area (Å²) in [6.07, 6.45) is 1.93. The van der Waals surface area contributed by atoms with Crippen molar-refractivity contribution in [2.75, 3.05) is 7.05 Å². The van der Waals surface area contributed by atoms with Gasteiger partial charge in [-0.15, -0.1) is 0 Å². The van der Waals surface area contributed by atoms with Crippen molar-refractivity contribution in [3.8, 4) is 0 Å². The maximum absolute atomic E-state index is 12.5. The van der Waals surface area contributed by atoms with Gasteiger partial charge in [0.05, 0.1) is 13.0 Å². The summed E-state index contributed by atoms with van der Waals surface area (Å²) >= 11 is 6.29. The molecule has 0 bridgehead atoms. The summed E-state index contributed by atoms with van der Waals surface area (Å²) < 4.78 is 5.51. The van der Waals surface area contributed by atoms with E-state index < -0.39 is 5.60 Å². The molecule has 0 spiro atoms. The monoisotopic (exact) mass is 352 g/mol. The minimum atomic E-state index is -0.533. The number of carbonyl (C=O) groups is 2. The van der Waals surface area contributed by atoms with E-state index >= 15 is 0 Å². The van der Waals surface area contributed by atoms with Crippen molar-refractivity contribution in [2.24, 2.45) is 0 Å². The van der Waals surface area contributed by atoms with Crippen LogP contribution in [0.3, 0.4) is 0 Å². The number of hydrogen-bond donors (Lipinski definition) is 1. The number of benzene rings is 1. The van der Waals surface area contributed by atoms with Crippen molar-refractivity contribution in [1.29, 1.82) is 0 Å². The van der Waals surface area contributed by atoms with Gasteiger partial charge in [-0.25, -0.2) is 4.79 Å². The molecular formula is C18H25ClN2O3. The van der Waals surface area contributed by atoms with Gasteiger partial charge >= 0.3 is 6.09 Å². The van der Waals surface area contributed by atoms with Crippen molar-refractivity contribution >= 4 is 23.6 Å². The molecule has 5 nitrogen and oxygen atoms in total. The molecule has 1 aliphatic carbocycles. The van der Waals surface area contributed by atoms with Crippen LogP contribution in [-0.2, 0) is 22.5 Å². The average molecular weight is 353 g/mol. The number of nitrogens with zero attached hydrogens (tertiary/aromatic N) is 1. The number of ether oxygens (including phenoxy) is 1. The molecule has 1 fully saturated rings. The van der Waals surface area contributed by atoms with Gasteiger partial charge in [0.2, 0.25) is 5.91 Å². The Labute approximate surface area is 148 Å². The fraction of sp³-hybridized carbons (Fsp3) is 0.556. The lowest BCUT2D eigenvalue weighted by Gasteiger charge is -2.28. The van der Waals surface area contributed by atoms with Crippen LogP contribution in [0.4, 0.5) is 4.79 Å². The number of rotatable bonds is 5. The third-order valence-electron chi connectivity index (χ3n) is 3.71. The summed E-state index contributed by atoms with van der Waals surface area (Å²) in [6, 6.07) is 5.70. The van der Waals surface area contributed by atoms with Crippen LogP contribution >= 0.6 is 11.6 Å². The highest BCUT2D eigenvalue weighted by molar-refractivity contribution is 6.31. The van der Waals surface area contributed by atoms with Gasteiger partial charge in [-0.1, -0.05) is 23.7 Å². The highest BCUT2D eigenvalue weighted by Crippen LogP contribution is 2.31. The molecule has 0 heterocycles. The number of carbonyl (C=O) groups excluding carboxylic acids is 2. The molecule has 1 aromatic rings. The normalized spacial score (nSPS) is 14.2. The Balaban J connectivity index is 2.15. The molecule has 0 unspecified atom stereocenters. The lowest BCUT2D eigenvalue weighted by molar-refractivity contribution is -0.119. The third kappa shape index (κ3) is 5.41. The Bertz CT molecular complexity index is 621. The highest BCUT2D eigenvalue weighted by Gasteiger charge is 2.35. The van der Waals surface area contributed by atoms with E-state index in [2.05, 4.69) is 5.32 Å². The van der Waals surface area contributed by atoms with Crippen LogP contribution in [0.2, 0.25) is 5.02 Å². The second-order valence-electron chi connectivity index (χ2n) is 7.12. The molecule has 6 heteroatoms. The van der Waals surface area contributed by atoms with Crippen LogP contribution in [-0.4, -0.2) is 35.6 Å². The fourth-order valence-electron chi connectivity index (χ4n) is 2.37. The molecule has 24 heavy (non-hydrogen) atoms. The van der Waals surface area contributed by atoms with Crippen LogP contribution in [0.5, 0.6) is 0 Å². The third-order valence-corrected chi connectivity index (χ3v) is 4.08. The zero-order valence-corrected chi connectivity index (χ0v) is 15.4. The van der Waals surface area contributed by atoms with Crippen molar-refractivity contribution < 1.29 is 14.3 Å². The van der Waals surface area contributed by atoms with Crippen molar-refractivity contribution in [1.82, 2.24) is 10.2 Å². The van der Waals surface area contributed by atoms with Gasteiger partial charge in [0.25, 0.3) is 0 Å². The van der Waals surface area contributed by atoms with E-state index in [4.69, 9.17) is 16.3 Å². The predicted molar refractivity (Wildman–Crippen MR) is 94.0 cm³/mol.